The third-order valence-corrected chi connectivity index (χ3v) is 4.41. The molecule has 0 bridgehead atoms. The lowest BCUT2D eigenvalue weighted by Crippen LogP contribution is -2.45. The Balaban J connectivity index is 2.20. The van der Waals surface area contributed by atoms with Crippen LogP contribution in [0.2, 0.25) is 0 Å². The van der Waals surface area contributed by atoms with Gasteiger partial charge in [-0.05, 0) is 36.1 Å². The van der Waals surface area contributed by atoms with Crippen LogP contribution in [0.4, 0.5) is 0 Å². The number of nitrogens with one attached hydrogen (secondary N) is 1. The minimum atomic E-state index is -0.00962. The molecule has 1 amide bonds. The number of ether oxygens (including phenoxy) is 2. The first-order chi connectivity index (χ1) is 12.5. The van der Waals surface area contributed by atoms with E-state index < -0.39 is 0 Å². The first-order valence-corrected chi connectivity index (χ1v) is 8.97. The van der Waals surface area contributed by atoms with E-state index in [2.05, 4.69) is 28.2 Å². The number of nitrogens with zero attached hydrogens (tertiary/aromatic N) is 3. The van der Waals surface area contributed by atoms with E-state index in [1.54, 1.807) is 33.2 Å². The number of carbonyl (C=O) groups is 1. The Kier molecular flexibility index (Phi) is 7.12. The fraction of sp³-hybridized carbons (Fsp3) is 0.579. The number of fused-ring (bicyclic) bond motifs is 1. The second-order valence-electron chi connectivity index (χ2n) is 6.50. The van der Waals surface area contributed by atoms with Gasteiger partial charge in [0.15, 0.2) is 17.5 Å². The number of likely N-dealkylation sites (N-methyl/N-ethyl adjacent to an activating group) is 1. The molecule has 0 spiro atoms. The largest absolute Gasteiger partial charge is 0.493 e. The molecule has 0 saturated carbocycles. The maximum absolute atomic E-state index is 11.9. The summed E-state index contributed by atoms with van der Waals surface area (Å²) in [6, 6.07) is 4.08. The molecule has 1 aliphatic rings. The van der Waals surface area contributed by atoms with Gasteiger partial charge in [0.2, 0.25) is 5.91 Å². The number of amides is 1. The zero-order valence-corrected chi connectivity index (χ0v) is 16.5. The zero-order chi connectivity index (χ0) is 19.1. The number of aliphatic imine (C=N–C) groups is 1. The molecule has 26 heavy (non-hydrogen) atoms. The molecule has 1 N–H and O–H groups in total. The van der Waals surface area contributed by atoms with Crippen molar-refractivity contribution in [2.45, 2.75) is 26.3 Å². The van der Waals surface area contributed by atoms with E-state index in [1.165, 1.54) is 11.1 Å². The Morgan fingerprint density at radius 1 is 1.23 bits per heavy atom. The van der Waals surface area contributed by atoms with Gasteiger partial charge in [-0.2, -0.15) is 0 Å². The summed E-state index contributed by atoms with van der Waals surface area (Å²) in [6.45, 7) is 4.65. The van der Waals surface area contributed by atoms with Crippen molar-refractivity contribution in [1.29, 1.82) is 0 Å². The highest BCUT2D eigenvalue weighted by atomic mass is 16.5. The molecule has 1 heterocycles. The summed E-state index contributed by atoms with van der Waals surface area (Å²) in [7, 11) is 6.79. The van der Waals surface area contributed by atoms with Gasteiger partial charge < -0.3 is 24.6 Å². The summed E-state index contributed by atoms with van der Waals surface area (Å²) < 4.78 is 10.8. The molecular formula is C19H30N4O3. The lowest BCUT2D eigenvalue weighted by Gasteiger charge is -2.32. The first kappa shape index (κ1) is 19.9. The summed E-state index contributed by atoms with van der Waals surface area (Å²) in [5.74, 6) is 2.26. The van der Waals surface area contributed by atoms with Gasteiger partial charge in [0, 0.05) is 33.7 Å². The highest BCUT2D eigenvalue weighted by molar-refractivity contribution is 5.85. The maximum atomic E-state index is 11.9. The van der Waals surface area contributed by atoms with Crippen molar-refractivity contribution in [1.82, 2.24) is 15.1 Å². The molecule has 0 aromatic heterocycles. The molecule has 7 heteroatoms. The van der Waals surface area contributed by atoms with Crippen LogP contribution in [0.5, 0.6) is 11.5 Å². The Morgan fingerprint density at radius 3 is 2.46 bits per heavy atom. The van der Waals surface area contributed by atoms with Crippen LogP contribution in [0.3, 0.4) is 0 Å². The normalized spacial score (nSPS) is 13.9. The lowest BCUT2D eigenvalue weighted by atomic mass is 9.99. The van der Waals surface area contributed by atoms with Crippen LogP contribution in [0.1, 0.15) is 24.5 Å². The molecule has 144 valence electrons. The third kappa shape index (κ3) is 4.80. The van der Waals surface area contributed by atoms with Crippen molar-refractivity contribution in [3.05, 3.63) is 23.3 Å². The van der Waals surface area contributed by atoms with Gasteiger partial charge in [-0.15, -0.1) is 0 Å². The van der Waals surface area contributed by atoms with Crippen LogP contribution < -0.4 is 14.8 Å². The van der Waals surface area contributed by atoms with E-state index in [-0.39, 0.29) is 12.5 Å². The van der Waals surface area contributed by atoms with Gasteiger partial charge in [0.05, 0.1) is 14.2 Å². The third-order valence-electron chi connectivity index (χ3n) is 4.41. The van der Waals surface area contributed by atoms with Gasteiger partial charge in [-0.25, -0.2) is 4.99 Å². The number of benzene rings is 1. The predicted octanol–water partition coefficient (Wildman–Crippen LogP) is 1.51. The van der Waals surface area contributed by atoms with Gasteiger partial charge in [-0.3, -0.25) is 4.79 Å². The summed E-state index contributed by atoms with van der Waals surface area (Å²) in [5, 5.41) is 3.36. The van der Waals surface area contributed by atoms with E-state index >= 15 is 0 Å². The minimum absolute atomic E-state index is 0.00962. The molecule has 1 aromatic rings. The first-order valence-electron chi connectivity index (χ1n) is 8.97. The Morgan fingerprint density at radius 2 is 1.88 bits per heavy atom. The molecule has 0 radical (unpaired) electrons. The van der Waals surface area contributed by atoms with Crippen molar-refractivity contribution >= 4 is 11.9 Å². The average molecular weight is 362 g/mol. The topological polar surface area (TPSA) is 66.4 Å². The summed E-state index contributed by atoms with van der Waals surface area (Å²) >= 11 is 0. The van der Waals surface area contributed by atoms with Gasteiger partial charge in [0.1, 0.15) is 6.54 Å². The van der Waals surface area contributed by atoms with E-state index in [1.807, 2.05) is 6.07 Å². The lowest BCUT2D eigenvalue weighted by molar-refractivity contribution is -0.127. The predicted molar refractivity (Wildman–Crippen MR) is 103 cm³/mol. The van der Waals surface area contributed by atoms with E-state index in [4.69, 9.17) is 9.47 Å². The number of carbonyl (C=O) groups excluding carboxylic acids is 1. The number of hydrogen-bond acceptors (Lipinski definition) is 4. The molecule has 1 aromatic carbocycles. The van der Waals surface area contributed by atoms with E-state index in [9.17, 15) is 4.79 Å². The highest BCUT2D eigenvalue weighted by Crippen LogP contribution is 2.33. The fourth-order valence-corrected chi connectivity index (χ4v) is 2.85. The number of methoxy groups -OCH3 is 2. The van der Waals surface area contributed by atoms with E-state index in [0.29, 0.717) is 0 Å². The molecule has 0 atom stereocenters. The average Bonchev–Trinajstić information content (AvgIpc) is 2.66. The SMILES string of the molecule is CCCNC(=NCC(=O)N(C)C)N1CCc2cc(OC)c(OC)cc2C1. The molecule has 0 fully saturated rings. The van der Waals surface area contributed by atoms with Crippen LogP contribution in [0, 0.1) is 0 Å². The Hall–Kier alpha value is -2.44. The van der Waals surface area contributed by atoms with Crippen LogP contribution in [0.15, 0.2) is 17.1 Å². The minimum Gasteiger partial charge on any atom is -0.493 e. The molecule has 0 saturated heterocycles. The second-order valence-corrected chi connectivity index (χ2v) is 6.50. The van der Waals surface area contributed by atoms with Gasteiger partial charge >= 0.3 is 0 Å². The van der Waals surface area contributed by atoms with Crippen molar-refractivity contribution < 1.29 is 14.3 Å². The molecule has 7 nitrogen and oxygen atoms in total. The smallest absolute Gasteiger partial charge is 0.243 e. The zero-order valence-electron chi connectivity index (χ0n) is 16.5. The molecule has 2 rings (SSSR count). The van der Waals surface area contributed by atoms with E-state index in [0.717, 1.165) is 49.9 Å². The summed E-state index contributed by atoms with van der Waals surface area (Å²) in [4.78, 5) is 20.2. The maximum Gasteiger partial charge on any atom is 0.243 e. The van der Waals surface area contributed by atoms with Crippen molar-refractivity contribution in [2.75, 3.05) is 47.9 Å². The standard InChI is InChI=1S/C19H30N4O3/c1-6-8-20-19(21-12-18(24)22(2)3)23-9-7-14-10-16(25-4)17(26-5)11-15(14)13-23/h10-11H,6-9,12-13H2,1-5H3,(H,20,21). The number of hydrogen-bond donors (Lipinski definition) is 1. The molecule has 0 unspecified atom stereocenters. The van der Waals surface area contributed by atoms with Crippen LogP contribution >= 0.6 is 0 Å². The van der Waals surface area contributed by atoms with Crippen LogP contribution in [-0.4, -0.2) is 69.6 Å². The quantitative estimate of drug-likeness (QED) is 0.614. The Labute approximate surface area is 156 Å². The molecule has 0 aliphatic carbocycles. The van der Waals surface area contributed by atoms with Crippen LogP contribution in [0.25, 0.3) is 0 Å². The monoisotopic (exact) mass is 362 g/mol. The highest BCUT2D eigenvalue weighted by Gasteiger charge is 2.22. The summed E-state index contributed by atoms with van der Waals surface area (Å²) in [5.41, 5.74) is 2.46. The number of guanidine groups is 1. The number of rotatable bonds is 6. The second kappa shape index (κ2) is 9.31. The summed E-state index contributed by atoms with van der Waals surface area (Å²) in [6.07, 6.45) is 1.89. The van der Waals surface area contributed by atoms with Gasteiger partial charge in [0.25, 0.3) is 0 Å². The molecular weight excluding hydrogens is 332 g/mol. The van der Waals surface area contributed by atoms with Gasteiger partial charge in [-0.1, -0.05) is 6.92 Å². The van der Waals surface area contributed by atoms with Crippen molar-refractivity contribution in [3.63, 3.8) is 0 Å². The molecule has 1 aliphatic heterocycles. The van der Waals surface area contributed by atoms with Crippen molar-refractivity contribution in [3.8, 4) is 11.5 Å². The fourth-order valence-electron chi connectivity index (χ4n) is 2.85. The Bertz CT molecular complexity index is 658. The van der Waals surface area contributed by atoms with Crippen LogP contribution in [-0.2, 0) is 17.8 Å². The van der Waals surface area contributed by atoms with Crippen molar-refractivity contribution in [2.24, 2.45) is 4.99 Å².